The molecule has 0 radical (unpaired) electrons. The number of carbonyl (C=O) groups is 1. The number of hydrogen-bond donors (Lipinski definition) is 2. The maximum Gasteiger partial charge on any atom is 0.274 e. The van der Waals surface area contributed by atoms with Crippen molar-refractivity contribution < 1.29 is 9.18 Å². The number of para-hydroxylation sites is 1. The van der Waals surface area contributed by atoms with Gasteiger partial charge in [-0.1, -0.05) is 30.3 Å². The number of nitrogens with two attached hydrogens (primary N) is 1. The number of nitrogens with one attached hydrogen (secondary N) is 1. The van der Waals surface area contributed by atoms with Crippen LogP contribution in [0.3, 0.4) is 0 Å². The number of alkyl halides is 1. The normalized spacial score (nSPS) is 15.7. The molecule has 0 bridgehead atoms. The Labute approximate surface area is 154 Å². The lowest BCUT2D eigenvalue weighted by molar-refractivity contribution is 0.0712. The van der Waals surface area contributed by atoms with Crippen LogP contribution < -0.4 is 16.1 Å². The van der Waals surface area contributed by atoms with Crippen LogP contribution in [0.5, 0.6) is 0 Å². The minimum atomic E-state index is -2.55. The first-order valence-corrected chi connectivity index (χ1v) is 8.45. The Bertz CT molecular complexity index is 1010. The summed E-state index contributed by atoms with van der Waals surface area (Å²) in [7, 11) is 0. The number of benzene rings is 2. The average Bonchev–Trinajstić information content (AvgIpc) is 3.22. The van der Waals surface area contributed by atoms with E-state index in [1.165, 1.54) is 18.5 Å². The van der Waals surface area contributed by atoms with Crippen LogP contribution in [0.2, 0.25) is 0 Å². The van der Waals surface area contributed by atoms with E-state index in [2.05, 4.69) is 20.4 Å². The molecule has 0 saturated heterocycles. The summed E-state index contributed by atoms with van der Waals surface area (Å²) < 4.78 is 15.0. The summed E-state index contributed by atoms with van der Waals surface area (Å²) in [5.41, 5.74) is 7.35. The maximum atomic E-state index is 15.0. The van der Waals surface area contributed by atoms with E-state index in [-0.39, 0.29) is 11.3 Å². The number of anilines is 1. The smallest absolute Gasteiger partial charge is 0.274 e. The van der Waals surface area contributed by atoms with E-state index in [0.29, 0.717) is 10.9 Å². The molecular formula is C19H17FN6O. The molecule has 4 rings (SSSR count). The van der Waals surface area contributed by atoms with Gasteiger partial charge in [0.2, 0.25) is 0 Å². The topological polar surface area (TPSA) is 96.5 Å². The fourth-order valence-corrected chi connectivity index (χ4v) is 2.95. The predicted octanol–water partition coefficient (Wildman–Crippen LogP) is 2.29. The second-order valence-electron chi connectivity index (χ2n) is 6.16. The fraction of sp³-hybridized carbons (Fsp3) is 0.158. The highest BCUT2D eigenvalue weighted by Gasteiger charge is 2.30. The molecule has 1 unspecified atom stereocenters. The van der Waals surface area contributed by atoms with E-state index in [4.69, 9.17) is 5.73 Å². The summed E-state index contributed by atoms with van der Waals surface area (Å²) in [6.45, 7) is 0.778. The number of hydrazone groups is 1. The van der Waals surface area contributed by atoms with Crippen molar-refractivity contribution in [2.75, 3.05) is 11.6 Å². The van der Waals surface area contributed by atoms with E-state index in [9.17, 15) is 4.79 Å². The highest BCUT2D eigenvalue weighted by atomic mass is 19.1. The number of carbonyl (C=O) groups excluding carboxylic acids is 1. The third-order valence-electron chi connectivity index (χ3n) is 4.33. The Hall–Kier alpha value is -3.39. The van der Waals surface area contributed by atoms with Crippen LogP contribution >= 0.6 is 0 Å². The molecule has 1 atom stereocenters. The van der Waals surface area contributed by atoms with Crippen LogP contribution in [0.4, 0.5) is 10.1 Å². The molecule has 0 aliphatic carbocycles. The maximum absolute atomic E-state index is 15.0. The van der Waals surface area contributed by atoms with E-state index in [1.54, 1.807) is 36.4 Å². The molecule has 3 N–H and O–H groups in total. The van der Waals surface area contributed by atoms with Gasteiger partial charge in [-0.15, -0.1) is 0 Å². The highest BCUT2D eigenvalue weighted by Crippen LogP contribution is 2.24. The lowest BCUT2D eigenvalue weighted by atomic mass is 10.1. The SMILES string of the molecule is NC(F)(NC(=O)c1ncnc2ccccc12)c1ccc(N2CCC=N2)cc1. The van der Waals surface area contributed by atoms with E-state index >= 15 is 4.39 Å². The largest absolute Gasteiger partial charge is 0.302 e. The average molecular weight is 364 g/mol. The number of rotatable bonds is 4. The van der Waals surface area contributed by atoms with Gasteiger partial charge in [-0.3, -0.25) is 15.5 Å². The van der Waals surface area contributed by atoms with Gasteiger partial charge in [0, 0.05) is 30.1 Å². The molecule has 3 aromatic rings. The zero-order chi connectivity index (χ0) is 18.9. The van der Waals surface area contributed by atoms with Crippen LogP contribution in [0.25, 0.3) is 10.9 Å². The zero-order valence-electron chi connectivity index (χ0n) is 14.3. The molecule has 2 heterocycles. The van der Waals surface area contributed by atoms with Crippen LogP contribution in [-0.2, 0) is 5.92 Å². The number of aromatic nitrogens is 2. The minimum Gasteiger partial charge on any atom is -0.302 e. The first-order chi connectivity index (χ1) is 13.0. The molecule has 136 valence electrons. The summed E-state index contributed by atoms with van der Waals surface area (Å²) in [4.78, 5) is 20.7. The van der Waals surface area contributed by atoms with Gasteiger partial charge in [-0.05, 0) is 18.2 Å². The standard InChI is InChI=1S/C19H17FN6O/c20-19(21,13-6-8-14(9-7-13)26-11-3-10-24-26)25-18(27)17-15-4-1-2-5-16(15)22-12-23-17/h1-2,4-10,12H,3,11,21H2,(H,25,27). The molecular weight excluding hydrogens is 347 g/mol. The molecule has 7 nitrogen and oxygen atoms in total. The molecule has 1 aliphatic rings. The molecule has 2 aromatic carbocycles. The van der Waals surface area contributed by atoms with Crippen LogP contribution in [-0.4, -0.2) is 28.6 Å². The van der Waals surface area contributed by atoms with Crippen molar-refractivity contribution in [3.8, 4) is 0 Å². The first kappa shape index (κ1) is 17.0. The van der Waals surface area contributed by atoms with Crippen molar-refractivity contribution in [3.63, 3.8) is 0 Å². The Morgan fingerprint density at radius 3 is 2.67 bits per heavy atom. The fourth-order valence-electron chi connectivity index (χ4n) is 2.95. The third-order valence-corrected chi connectivity index (χ3v) is 4.33. The lowest BCUT2D eigenvalue weighted by Crippen LogP contribution is -2.49. The van der Waals surface area contributed by atoms with Gasteiger partial charge in [0.05, 0.1) is 11.2 Å². The Kier molecular flexibility index (Phi) is 4.25. The van der Waals surface area contributed by atoms with Crippen molar-refractivity contribution >= 4 is 28.7 Å². The second kappa shape index (κ2) is 6.73. The van der Waals surface area contributed by atoms with Gasteiger partial charge in [0.15, 0.2) is 0 Å². The second-order valence-corrected chi connectivity index (χ2v) is 6.16. The Balaban J connectivity index is 1.57. The molecule has 27 heavy (non-hydrogen) atoms. The number of amides is 1. The van der Waals surface area contributed by atoms with Gasteiger partial charge in [0.25, 0.3) is 11.8 Å². The molecule has 1 aromatic heterocycles. The number of halogens is 1. The van der Waals surface area contributed by atoms with Gasteiger partial charge in [0.1, 0.15) is 12.0 Å². The van der Waals surface area contributed by atoms with Crippen molar-refractivity contribution in [2.24, 2.45) is 10.8 Å². The monoisotopic (exact) mass is 364 g/mol. The molecule has 0 fully saturated rings. The van der Waals surface area contributed by atoms with Crippen molar-refractivity contribution in [1.82, 2.24) is 15.3 Å². The van der Waals surface area contributed by atoms with Crippen molar-refractivity contribution in [3.05, 3.63) is 66.1 Å². The zero-order valence-corrected chi connectivity index (χ0v) is 14.3. The first-order valence-electron chi connectivity index (χ1n) is 8.45. The predicted molar refractivity (Wildman–Crippen MR) is 101 cm³/mol. The summed E-state index contributed by atoms with van der Waals surface area (Å²) >= 11 is 0. The Morgan fingerprint density at radius 2 is 1.93 bits per heavy atom. The minimum absolute atomic E-state index is 0.0658. The molecule has 0 spiro atoms. The summed E-state index contributed by atoms with van der Waals surface area (Å²) in [5, 5.41) is 8.76. The van der Waals surface area contributed by atoms with E-state index in [1.807, 2.05) is 11.2 Å². The molecule has 0 saturated carbocycles. The third kappa shape index (κ3) is 3.34. The molecule has 1 amide bonds. The van der Waals surface area contributed by atoms with Crippen molar-refractivity contribution in [2.45, 2.75) is 12.3 Å². The molecule has 1 aliphatic heterocycles. The van der Waals surface area contributed by atoms with Crippen molar-refractivity contribution in [1.29, 1.82) is 0 Å². The number of nitrogens with zero attached hydrogens (tertiary/aromatic N) is 4. The lowest BCUT2D eigenvalue weighted by Gasteiger charge is -2.23. The van der Waals surface area contributed by atoms with Gasteiger partial charge < -0.3 is 5.32 Å². The summed E-state index contributed by atoms with van der Waals surface area (Å²) in [6.07, 6.45) is 3.95. The van der Waals surface area contributed by atoms with Crippen LogP contribution in [0, 0.1) is 0 Å². The van der Waals surface area contributed by atoms with Crippen LogP contribution in [0.1, 0.15) is 22.5 Å². The molecule has 8 heteroatoms. The number of fused-ring (bicyclic) bond motifs is 1. The van der Waals surface area contributed by atoms with Crippen LogP contribution in [0.15, 0.2) is 60.0 Å². The number of hydrogen-bond acceptors (Lipinski definition) is 6. The van der Waals surface area contributed by atoms with Gasteiger partial charge in [-0.25, -0.2) is 9.97 Å². The van der Waals surface area contributed by atoms with Gasteiger partial charge in [-0.2, -0.15) is 9.49 Å². The van der Waals surface area contributed by atoms with E-state index in [0.717, 1.165) is 18.7 Å². The highest BCUT2D eigenvalue weighted by molar-refractivity contribution is 6.04. The van der Waals surface area contributed by atoms with Gasteiger partial charge >= 0.3 is 0 Å². The quantitative estimate of drug-likeness (QED) is 0.547. The Morgan fingerprint density at radius 1 is 1.15 bits per heavy atom. The van der Waals surface area contributed by atoms with E-state index < -0.39 is 11.8 Å². The summed E-state index contributed by atoms with van der Waals surface area (Å²) in [6, 6.07) is 13.5. The summed E-state index contributed by atoms with van der Waals surface area (Å²) in [5.74, 6) is -3.26.